The molecule has 0 unspecified atom stereocenters. The van der Waals surface area contributed by atoms with E-state index < -0.39 is 44.7 Å². The van der Waals surface area contributed by atoms with Crippen molar-refractivity contribution in [3.8, 4) is 0 Å². The highest BCUT2D eigenvalue weighted by molar-refractivity contribution is 7.46. The van der Waals surface area contributed by atoms with E-state index >= 15 is 0 Å². The second kappa shape index (κ2) is 26.0. The van der Waals surface area contributed by atoms with Crippen LogP contribution in [0.4, 0.5) is 0 Å². The molecule has 1 aliphatic carbocycles. The van der Waals surface area contributed by atoms with Crippen LogP contribution in [0.2, 0.25) is 0 Å². The van der Waals surface area contributed by atoms with Crippen molar-refractivity contribution in [2.75, 3.05) is 13.2 Å². The molecule has 272 valence electrons. The number of rotatable bonds is 28. The standard InChI is InChI=1S/C35H61O11P/c1-3-5-7-8-9-10-11-12-17-21-34(39)44-26-29(27-45-47(41,42)43)46-35(40)22-18-14-13-16-20-30-31(33(38)25-32(30)37)24-23-28(36)19-15-6-4-2/h13,16,23-24,28-31,33,36,38H,3-12,14-15,17-22,25-27H2,1-2H3,(H2,41,42,43)/b16-13-,24-23+/t28-,29+,30+,31+,33+/m0/s1. The summed E-state index contributed by atoms with van der Waals surface area (Å²) in [5, 5.41) is 20.5. The van der Waals surface area contributed by atoms with Gasteiger partial charge in [0.15, 0.2) is 6.10 Å². The number of carbonyl (C=O) groups is 3. The van der Waals surface area contributed by atoms with Crippen LogP contribution in [0.3, 0.4) is 0 Å². The van der Waals surface area contributed by atoms with Gasteiger partial charge in [0.05, 0.1) is 18.8 Å². The summed E-state index contributed by atoms with van der Waals surface area (Å²) in [6, 6.07) is 0. The quantitative estimate of drug-likeness (QED) is 0.0299. The molecular weight excluding hydrogens is 627 g/mol. The Morgan fingerprint density at radius 3 is 2.15 bits per heavy atom. The first-order chi connectivity index (χ1) is 22.5. The number of aliphatic hydroxyl groups is 2. The highest BCUT2D eigenvalue weighted by atomic mass is 31.2. The van der Waals surface area contributed by atoms with Gasteiger partial charge in [-0.25, -0.2) is 4.57 Å². The van der Waals surface area contributed by atoms with E-state index in [9.17, 15) is 29.2 Å². The number of carbonyl (C=O) groups excluding carboxylic acids is 3. The molecule has 0 aromatic heterocycles. The third-order valence-electron chi connectivity index (χ3n) is 8.34. The second-order valence-electron chi connectivity index (χ2n) is 12.6. The molecule has 0 aromatic rings. The number of hydrogen-bond acceptors (Lipinski definition) is 9. The van der Waals surface area contributed by atoms with E-state index in [0.717, 1.165) is 38.5 Å². The SMILES string of the molecule is CCCCCCCCCCCC(=O)OC[C@H](COP(=O)(O)O)OC(=O)CCC/C=C\C[C@H]1C(=O)C[C@@H](O)[C@@H]1/C=C/[C@@H](O)CCCCC. The van der Waals surface area contributed by atoms with Gasteiger partial charge in [0.2, 0.25) is 0 Å². The zero-order valence-electron chi connectivity index (χ0n) is 28.6. The molecule has 0 aromatic carbocycles. The summed E-state index contributed by atoms with van der Waals surface area (Å²) in [6.07, 6.45) is 20.0. The van der Waals surface area contributed by atoms with E-state index in [2.05, 4.69) is 18.4 Å². The molecule has 0 heterocycles. The number of allylic oxidation sites excluding steroid dienone is 2. The van der Waals surface area contributed by atoms with Crippen LogP contribution in [0.5, 0.6) is 0 Å². The lowest BCUT2D eigenvalue weighted by Gasteiger charge is -2.18. The van der Waals surface area contributed by atoms with E-state index in [1.54, 1.807) is 12.2 Å². The van der Waals surface area contributed by atoms with Crippen molar-refractivity contribution in [3.05, 3.63) is 24.3 Å². The van der Waals surface area contributed by atoms with Gasteiger partial charge < -0.3 is 29.5 Å². The van der Waals surface area contributed by atoms with Crippen LogP contribution in [0, 0.1) is 11.8 Å². The second-order valence-corrected chi connectivity index (χ2v) is 13.9. The number of ketones is 1. The molecule has 12 heteroatoms. The van der Waals surface area contributed by atoms with E-state index in [0.29, 0.717) is 32.1 Å². The van der Waals surface area contributed by atoms with Gasteiger partial charge in [0.1, 0.15) is 12.4 Å². The van der Waals surface area contributed by atoms with Gasteiger partial charge in [-0.15, -0.1) is 0 Å². The van der Waals surface area contributed by atoms with Crippen LogP contribution < -0.4 is 0 Å². The summed E-state index contributed by atoms with van der Waals surface area (Å²) < 4.78 is 26.2. The fourth-order valence-electron chi connectivity index (χ4n) is 5.59. The van der Waals surface area contributed by atoms with Crippen LogP contribution in [0.1, 0.15) is 136 Å². The van der Waals surface area contributed by atoms with Crippen LogP contribution in [-0.4, -0.2) is 69.2 Å². The molecule has 11 nitrogen and oxygen atoms in total. The van der Waals surface area contributed by atoms with Crippen LogP contribution >= 0.6 is 7.82 Å². The minimum Gasteiger partial charge on any atom is -0.462 e. The normalized spacial score (nSPS) is 19.9. The van der Waals surface area contributed by atoms with Crippen molar-refractivity contribution >= 4 is 25.5 Å². The van der Waals surface area contributed by atoms with Crippen molar-refractivity contribution in [1.82, 2.24) is 0 Å². The average molecular weight is 689 g/mol. The van der Waals surface area contributed by atoms with Gasteiger partial charge in [0.25, 0.3) is 0 Å². The van der Waals surface area contributed by atoms with E-state index in [1.165, 1.54) is 32.1 Å². The Morgan fingerprint density at radius 2 is 1.49 bits per heavy atom. The van der Waals surface area contributed by atoms with Gasteiger partial charge >= 0.3 is 19.8 Å². The predicted molar refractivity (Wildman–Crippen MR) is 180 cm³/mol. The highest BCUT2D eigenvalue weighted by Gasteiger charge is 2.39. The number of aliphatic hydroxyl groups excluding tert-OH is 2. The van der Waals surface area contributed by atoms with Crippen molar-refractivity contribution < 1.29 is 52.9 Å². The number of phosphoric acid groups is 1. The molecule has 0 aliphatic heterocycles. The number of phosphoric ester groups is 1. The lowest BCUT2D eigenvalue weighted by atomic mass is 9.90. The number of Topliss-reactive ketones (excluding diaryl/α,β-unsaturated/α-hetero) is 1. The molecule has 1 fully saturated rings. The topological polar surface area (TPSA) is 177 Å². The van der Waals surface area contributed by atoms with Gasteiger partial charge in [-0.05, 0) is 32.1 Å². The molecular formula is C35H61O11P. The first kappa shape index (κ1) is 43.1. The Balaban J connectivity index is 2.41. The van der Waals surface area contributed by atoms with Crippen LogP contribution in [0.25, 0.3) is 0 Å². The maximum atomic E-state index is 12.5. The van der Waals surface area contributed by atoms with Gasteiger partial charge in [-0.2, -0.15) is 0 Å². The Labute approximate surface area is 281 Å². The minimum absolute atomic E-state index is 0.0155. The fourth-order valence-corrected chi connectivity index (χ4v) is 5.95. The summed E-state index contributed by atoms with van der Waals surface area (Å²) in [5.41, 5.74) is 0. The smallest absolute Gasteiger partial charge is 0.462 e. The third-order valence-corrected chi connectivity index (χ3v) is 8.83. The first-order valence-electron chi connectivity index (χ1n) is 17.7. The molecule has 1 aliphatic rings. The number of hydrogen-bond donors (Lipinski definition) is 4. The molecule has 0 spiro atoms. The van der Waals surface area contributed by atoms with Gasteiger partial charge in [-0.1, -0.05) is 109 Å². The summed E-state index contributed by atoms with van der Waals surface area (Å²) in [4.78, 5) is 55.1. The van der Waals surface area contributed by atoms with Crippen molar-refractivity contribution in [2.24, 2.45) is 11.8 Å². The zero-order valence-corrected chi connectivity index (χ0v) is 29.5. The Kier molecular flexibility index (Phi) is 23.9. The lowest BCUT2D eigenvalue weighted by molar-refractivity contribution is -0.161. The monoisotopic (exact) mass is 688 g/mol. The predicted octanol–water partition coefficient (Wildman–Crippen LogP) is 6.65. The summed E-state index contributed by atoms with van der Waals surface area (Å²) in [6.45, 7) is 3.30. The van der Waals surface area contributed by atoms with Crippen molar-refractivity contribution in [3.63, 3.8) is 0 Å². The molecule has 47 heavy (non-hydrogen) atoms. The molecule has 4 N–H and O–H groups in total. The molecule has 1 rings (SSSR count). The molecule has 0 amide bonds. The first-order valence-corrected chi connectivity index (χ1v) is 19.3. The minimum atomic E-state index is -4.82. The fraction of sp³-hybridized carbons (Fsp3) is 0.800. The maximum absolute atomic E-state index is 12.5. The molecule has 5 atom stereocenters. The van der Waals surface area contributed by atoms with Crippen molar-refractivity contribution in [1.29, 1.82) is 0 Å². The Morgan fingerprint density at radius 1 is 0.872 bits per heavy atom. The summed E-state index contributed by atoms with van der Waals surface area (Å²) >= 11 is 0. The molecule has 0 saturated heterocycles. The Hall–Kier alpha value is -1.88. The number of esters is 2. The number of ether oxygens (including phenoxy) is 2. The van der Waals surface area contributed by atoms with E-state index in [1.807, 2.05) is 12.2 Å². The maximum Gasteiger partial charge on any atom is 0.469 e. The largest absolute Gasteiger partial charge is 0.469 e. The van der Waals surface area contributed by atoms with E-state index in [4.69, 9.17) is 19.3 Å². The lowest BCUT2D eigenvalue weighted by Crippen LogP contribution is -2.29. The third kappa shape index (κ3) is 22.4. The summed E-state index contributed by atoms with van der Waals surface area (Å²) in [7, 11) is -4.82. The summed E-state index contributed by atoms with van der Waals surface area (Å²) in [5.74, 6) is -1.83. The van der Waals surface area contributed by atoms with Gasteiger partial charge in [-0.3, -0.25) is 18.9 Å². The molecule has 0 radical (unpaired) electrons. The van der Waals surface area contributed by atoms with Gasteiger partial charge in [0, 0.05) is 31.1 Å². The molecule has 0 bridgehead atoms. The van der Waals surface area contributed by atoms with Crippen molar-refractivity contribution in [2.45, 2.75) is 154 Å². The Bertz CT molecular complexity index is 977. The van der Waals surface area contributed by atoms with Crippen LogP contribution in [0.15, 0.2) is 24.3 Å². The molecule has 1 saturated carbocycles. The number of unbranched alkanes of at least 4 members (excludes halogenated alkanes) is 11. The zero-order chi connectivity index (χ0) is 34.9. The highest BCUT2D eigenvalue weighted by Crippen LogP contribution is 2.36. The van der Waals surface area contributed by atoms with E-state index in [-0.39, 0.29) is 43.5 Å². The van der Waals surface area contributed by atoms with Crippen LogP contribution in [-0.2, 0) is 32.9 Å². The average Bonchev–Trinajstić information content (AvgIpc) is 3.29.